The number of nitrogens with one attached hydrogen (secondary N) is 2. The molecule has 1 aromatic carbocycles. The molecule has 0 amide bonds. The van der Waals surface area contributed by atoms with E-state index in [9.17, 15) is 0 Å². The minimum atomic E-state index is 0.826. The highest BCUT2D eigenvalue weighted by Crippen LogP contribution is 2.25. The van der Waals surface area contributed by atoms with Gasteiger partial charge in [0.15, 0.2) is 0 Å². The van der Waals surface area contributed by atoms with Crippen molar-refractivity contribution in [1.29, 1.82) is 0 Å². The molecule has 20 heavy (non-hydrogen) atoms. The normalized spacial score (nSPS) is 10.3. The molecule has 1 aromatic heterocycles. The van der Waals surface area contributed by atoms with Crippen LogP contribution in [0.3, 0.4) is 0 Å². The summed E-state index contributed by atoms with van der Waals surface area (Å²) in [7, 11) is 3.91. The van der Waals surface area contributed by atoms with Crippen LogP contribution in [0.1, 0.15) is 0 Å². The second kappa shape index (κ2) is 7.21. The molecule has 0 aliphatic heterocycles. The van der Waals surface area contributed by atoms with Gasteiger partial charge >= 0.3 is 0 Å². The zero-order chi connectivity index (χ0) is 14.4. The molecule has 2 N–H and O–H groups in total. The van der Waals surface area contributed by atoms with E-state index < -0.39 is 0 Å². The van der Waals surface area contributed by atoms with Crippen LogP contribution in [0.15, 0.2) is 41.1 Å². The number of benzene rings is 1. The van der Waals surface area contributed by atoms with Crippen molar-refractivity contribution in [3.05, 3.63) is 41.1 Å². The molecule has 0 unspecified atom stereocenters. The van der Waals surface area contributed by atoms with Crippen LogP contribution in [0.5, 0.6) is 0 Å². The predicted molar refractivity (Wildman–Crippen MR) is 86.7 cm³/mol. The zero-order valence-corrected chi connectivity index (χ0v) is 13.2. The molecular formula is C14H18BrN5. The lowest BCUT2D eigenvalue weighted by Gasteiger charge is -2.19. The fourth-order valence-corrected chi connectivity index (χ4v) is 2.15. The highest BCUT2D eigenvalue weighted by Gasteiger charge is 2.07. The molecule has 2 rings (SSSR count). The Balaban J connectivity index is 2.13. The Morgan fingerprint density at radius 2 is 2.05 bits per heavy atom. The van der Waals surface area contributed by atoms with Crippen LogP contribution in [0.2, 0.25) is 0 Å². The van der Waals surface area contributed by atoms with E-state index in [1.807, 2.05) is 43.3 Å². The molecule has 106 valence electrons. The average molecular weight is 336 g/mol. The van der Waals surface area contributed by atoms with E-state index in [-0.39, 0.29) is 0 Å². The Bertz CT molecular complexity index is 561. The van der Waals surface area contributed by atoms with Crippen LogP contribution in [0, 0.1) is 0 Å². The van der Waals surface area contributed by atoms with Crippen LogP contribution < -0.4 is 15.5 Å². The van der Waals surface area contributed by atoms with Crippen LogP contribution in [-0.2, 0) is 0 Å². The van der Waals surface area contributed by atoms with E-state index in [0.29, 0.717) is 0 Å². The third kappa shape index (κ3) is 3.91. The SMILES string of the molecule is CNCCNc1cc(N(C)c2cccc(Br)c2)ncn1. The first kappa shape index (κ1) is 14.7. The van der Waals surface area contributed by atoms with Crippen molar-refractivity contribution in [1.82, 2.24) is 15.3 Å². The number of likely N-dealkylation sites (N-methyl/N-ethyl adjacent to an activating group) is 1. The van der Waals surface area contributed by atoms with Gasteiger partial charge in [0.05, 0.1) is 0 Å². The van der Waals surface area contributed by atoms with E-state index in [0.717, 1.165) is 34.9 Å². The van der Waals surface area contributed by atoms with Crippen molar-refractivity contribution in [2.24, 2.45) is 0 Å². The number of hydrogen-bond donors (Lipinski definition) is 2. The van der Waals surface area contributed by atoms with Gasteiger partial charge in [-0.3, -0.25) is 0 Å². The van der Waals surface area contributed by atoms with Crippen LogP contribution in [0.4, 0.5) is 17.3 Å². The van der Waals surface area contributed by atoms with Crippen molar-refractivity contribution >= 4 is 33.3 Å². The van der Waals surface area contributed by atoms with Gasteiger partial charge in [-0.2, -0.15) is 0 Å². The number of halogens is 1. The van der Waals surface area contributed by atoms with Gasteiger partial charge in [0.2, 0.25) is 0 Å². The number of rotatable bonds is 6. The molecule has 1 heterocycles. The largest absolute Gasteiger partial charge is 0.369 e. The summed E-state index contributed by atoms with van der Waals surface area (Å²) in [6.07, 6.45) is 1.57. The predicted octanol–water partition coefficient (Wildman–Crippen LogP) is 2.64. The first-order chi connectivity index (χ1) is 9.70. The maximum Gasteiger partial charge on any atom is 0.138 e. The third-order valence-electron chi connectivity index (χ3n) is 2.87. The van der Waals surface area contributed by atoms with Crippen LogP contribution in [0.25, 0.3) is 0 Å². The average Bonchev–Trinajstić information content (AvgIpc) is 2.47. The summed E-state index contributed by atoms with van der Waals surface area (Å²) in [6, 6.07) is 10.0. The molecule has 0 atom stereocenters. The number of hydrogen-bond acceptors (Lipinski definition) is 5. The van der Waals surface area contributed by atoms with Gasteiger partial charge in [-0.1, -0.05) is 22.0 Å². The second-order valence-electron chi connectivity index (χ2n) is 4.33. The summed E-state index contributed by atoms with van der Waals surface area (Å²) in [4.78, 5) is 10.6. The minimum Gasteiger partial charge on any atom is -0.369 e. The van der Waals surface area contributed by atoms with Gasteiger partial charge in [-0.05, 0) is 25.2 Å². The highest BCUT2D eigenvalue weighted by atomic mass is 79.9. The van der Waals surface area contributed by atoms with Crippen molar-refractivity contribution < 1.29 is 0 Å². The van der Waals surface area contributed by atoms with Gasteiger partial charge in [0.1, 0.15) is 18.0 Å². The first-order valence-electron chi connectivity index (χ1n) is 6.40. The molecule has 6 heteroatoms. The zero-order valence-electron chi connectivity index (χ0n) is 11.6. The molecule has 0 saturated heterocycles. The minimum absolute atomic E-state index is 0.826. The number of anilines is 3. The molecular weight excluding hydrogens is 318 g/mol. The maximum atomic E-state index is 4.32. The fraction of sp³-hybridized carbons (Fsp3) is 0.286. The highest BCUT2D eigenvalue weighted by molar-refractivity contribution is 9.10. The van der Waals surface area contributed by atoms with Gasteiger partial charge < -0.3 is 15.5 Å². The van der Waals surface area contributed by atoms with Crippen LogP contribution in [-0.4, -0.2) is 37.2 Å². The monoisotopic (exact) mass is 335 g/mol. The Labute approximate surface area is 127 Å². The van der Waals surface area contributed by atoms with Crippen molar-refractivity contribution in [3.63, 3.8) is 0 Å². The lowest BCUT2D eigenvalue weighted by molar-refractivity contribution is 0.820. The molecule has 0 radical (unpaired) electrons. The topological polar surface area (TPSA) is 53.1 Å². The summed E-state index contributed by atoms with van der Waals surface area (Å²) >= 11 is 3.48. The van der Waals surface area contributed by atoms with E-state index >= 15 is 0 Å². The fourth-order valence-electron chi connectivity index (χ4n) is 1.76. The second-order valence-corrected chi connectivity index (χ2v) is 5.25. The van der Waals surface area contributed by atoms with Gasteiger partial charge in [0.25, 0.3) is 0 Å². The smallest absolute Gasteiger partial charge is 0.138 e. The van der Waals surface area contributed by atoms with Crippen molar-refractivity contribution in [2.45, 2.75) is 0 Å². The molecule has 0 spiro atoms. The molecule has 0 fully saturated rings. The van der Waals surface area contributed by atoms with Gasteiger partial charge in [-0.25, -0.2) is 9.97 Å². The van der Waals surface area contributed by atoms with Crippen LogP contribution >= 0.6 is 15.9 Å². The van der Waals surface area contributed by atoms with Gasteiger partial charge in [0, 0.05) is 36.4 Å². The summed E-state index contributed by atoms with van der Waals surface area (Å²) < 4.78 is 1.04. The molecule has 0 bridgehead atoms. The molecule has 2 aromatic rings. The Morgan fingerprint density at radius 3 is 2.80 bits per heavy atom. The Kier molecular flexibility index (Phi) is 5.31. The van der Waals surface area contributed by atoms with Crippen molar-refractivity contribution in [3.8, 4) is 0 Å². The lowest BCUT2D eigenvalue weighted by atomic mass is 10.3. The summed E-state index contributed by atoms with van der Waals surface area (Å²) in [6.45, 7) is 1.72. The molecule has 0 aliphatic carbocycles. The van der Waals surface area contributed by atoms with E-state index in [2.05, 4.69) is 42.6 Å². The Hall–Kier alpha value is -1.66. The summed E-state index contributed by atoms with van der Waals surface area (Å²) in [5, 5.41) is 6.34. The standard InChI is InChI=1S/C14H18BrN5/c1-16-6-7-17-13-9-14(19-10-18-13)20(2)12-5-3-4-11(15)8-12/h3-5,8-10,16H,6-7H2,1-2H3,(H,17,18,19). The van der Waals surface area contributed by atoms with E-state index in [4.69, 9.17) is 0 Å². The van der Waals surface area contributed by atoms with E-state index in [1.54, 1.807) is 6.33 Å². The third-order valence-corrected chi connectivity index (χ3v) is 3.37. The van der Waals surface area contributed by atoms with E-state index in [1.165, 1.54) is 0 Å². The molecule has 5 nitrogen and oxygen atoms in total. The Morgan fingerprint density at radius 1 is 1.20 bits per heavy atom. The summed E-state index contributed by atoms with van der Waals surface area (Å²) in [5.74, 6) is 1.68. The number of aromatic nitrogens is 2. The first-order valence-corrected chi connectivity index (χ1v) is 7.20. The van der Waals surface area contributed by atoms with Gasteiger partial charge in [-0.15, -0.1) is 0 Å². The lowest BCUT2D eigenvalue weighted by Crippen LogP contribution is -2.18. The van der Waals surface area contributed by atoms with Crippen molar-refractivity contribution in [2.75, 3.05) is 37.4 Å². The quantitative estimate of drug-likeness (QED) is 0.795. The molecule has 0 aliphatic rings. The maximum absolute atomic E-state index is 4.32. The number of nitrogens with zero attached hydrogens (tertiary/aromatic N) is 3. The molecule has 0 saturated carbocycles. The summed E-state index contributed by atoms with van der Waals surface area (Å²) in [5.41, 5.74) is 1.07.